The third-order valence-corrected chi connectivity index (χ3v) is 5.28. The van der Waals surface area contributed by atoms with Crippen LogP contribution in [-0.4, -0.2) is 29.1 Å². The van der Waals surface area contributed by atoms with Crippen molar-refractivity contribution >= 4 is 6.29 Å². The summed E-state index contributed by atoms with van der Waals surface area (Å²) in [5.74, 6) is -0.304. The van der Waals surface area contributed by atoms with Crippen LogP contribution >= 0.6 is 0 Å². The Morgan fingerprint density at radius 3 is 2.45 bits per heavy atom. The minimum Gasteiger partial charge on any atom is -0.392 e. The first-order valence-corrected chi connectivity index (χ1v) is 9.56. The van der Waals surface area contributed by atoms with Gasteiger partial charge in [-0.2, -0.15) is 0 Å². The fraction of sp³-hybridized carbons (Fsp3) is 0.208. The van der Waals surface area contributed by atoms with Gasteiger partial charge in [-0.3, -0.25) is 9.69 Å². The van der Waals surface area contributed by atoms with Gasteiger partial charge in [-0.05, 0) is 46.0 Å². The van der Waals surface area contributed by atoms with Crippen LogP contribution in [0.15, 0.2) is 72.8 Å². The molecule has 1 aliphatic heterocycles. The maximum absolute atomic E-state index is 13.2. The van der Waals surface area contributed by atoms with Crippen molar-refractivity contribution in [2.45, 2.75) is 25.5 Å². The van der Waals surface area contributed by atoms with Crippen LogP contribution in [0.4, 0.5) is 4.39 Å². The van der Waals surface area contributed by atoms with Crippen LogP contribution in [0.1, 0.15) is 22.8 Å². The third-order valence-electron chi connectivity index (χ3n) is 5.28. The Balaban J connectivity index is 1.54. The fourth-order valence-corrected chi connectivity index (χ4v) is 3.70. The number of carbonyl (C=O) groups excluding carboxylic acids is 1. The Morgan fingerprint density at radius 2 is 1.76 bits per heavy atom. The first-order valence-electron chi connectivity index (χ1n) is 9.56. The molecule has 1 fully saturated rings. The summed E-state index contributed by atoms with van der Waals surface area (Å²) in [4.78, 5) is 13.5. The van der Waals surface area contributed by atoms with E-state index in [-0.39, 0.29) is 18.5 Å². The van der Waals surface area contributed by atoms with E-state index >= 15 is 0 Å². The van der Waals surface area contributed by atoms with Crippen molar-refractivity contribution in [3.8, 4) is 11.1 Å². The summed E-state index contributed by atoms with van der Waals surface area (Å²) < 4.78 is 19.0. The minimum atomic E-state index is -0.676. The first-order chi connectivity index (χ1) is 14.2. The monoisotopic (exact) mass is 391 g/mol. The molecule has 2 atom stereocenters. The standard InChI is InChI=1S/C24H22FNO3/c25-22-10-8-18(9-11-22)23-14-26(24(16-28)29-23)13-20-7-6-19(12-21(20)15-27)17-4-2-1-3-5-17/h1-12,16,23-24,27H,13-15H2. The zero-order chi connectivity index (χ0) is 20.2. The highest BCUT2D eigenvalue weighted by Crippen LogP contribution is 2.31. The van der Waals surface area contributed by atoms with Gasteiger partial charge >= 0.3 is 0 Å². The quantitative estimate of drug-likeness (QED) is 0.643. The second kappa shape index (κ2) is 8.66. The van der Waals surface area contributed by atoms with Crippen molar-refractivity contribution in [1.82, 2.24) is 4.90 Å². The number of halogens is 1. The molecule has 148 valence electrons. The Morgan fingerprint density at radius 1 is 1.00 bits per heavy atom. The van der Waals surface area contributed by atoms with Crippen LogP contribution in [0.25, 0.3) is 11.1 Å². The number of benzene rings is 3. The van der Waals surface area contributed by atoms with Crippen molar-refractivity contribution in [1.29, 1.82) is 0 Å². The number of hydrogen-bond acceptors (Lipinski definition) is 4. The van der Waals surface area contributed by atoms with Gasteiger partial charge in [0.1, 0.15) is 5.82 Å². The van der Waals surface area contributed by atoms with Gasteiger partial charge in [-0.1, -0.05) is 54.6 Å². The van der Waals surface area contributed by atoms with Crippen LogP contribution < -0.4 is 0 Å². The van der Waals surface area contributed by atoms with E-state index in [9.17, 15) is 14.3 Å². The lowest BCUT2D eigenvalue weighted by Gasteiger charge is -2.20. The number of aldehydes is 1. The molecule has 1 heterocycles. The van der Waals surface area contributed by atoms with Crippen LogP contribution in [0, 0.1) is 5.82 Å². The van der Waals surface area contributed by atoms with Gasteiger partial charge in [0.05, 0.1) is 12.7 Å². The maximum Gasteiger partial charge on any atom is 0.168 e. The van der Waals surface area contributed by atoms with Crippen molar-refractivity contribution in [3.05, 3.63) is 95.3 Å². The molecule has 2 unspecified atom stereocenters. The summed E-state index contributed by atoms with van der Waals surface area (Å²) >= 11 is 0. The van der Waals surface area contributed by atoms with Crippen LogP contribution in [0.3, 0.4) is 0 Å². The molecule has 5 heteroatoms. The summed E-state index contributed by atoms with van der Waals surface area (Å²) in [5.41, 5.74) is 4.72. The molecule has 0 amide bonds. The van der Waals surface area contributed by atoms with Crippen LogP contribution in [0.2, 0.25) is 0 Å². The SMILES string of the molecule is O=CC1OC(c2ccc(F)cc2)CN1Cc1ccc(-c2ccccc2)cc1CO. The topological polar surface area (TPSA) is 49.8 Å². The van der Waals surface area contributed by atoms with Gasteiger partial charge in [0.25, 0.3) is 0 Å². The van der Waals surface area contributed by atoms with E-state index in [1.807, 2.05) is 53.4 Å². The number of carbonyl (C=O) groups is 1. The fourth-order valence-electron chi connectivity index (χ4n) is 3.70. The first kappa shape index (κ1) is 19.5. The average molecular weight is 391 g/mol. The highest BCUT2D eigenvalue weighted by atomic mass is 19.1. The highest BCUT2D eigenvalue weighted by Gasteiger charge is 2.33. The van der Waals surface area contributed by atoms with Gasteiger partial charge in [-0.15, -0.1) is 0 Å². The molecule has 1 saturated heterocycles. The molecule has 0 spiro atoms. The third kappa shape index (κ3) is 4.27. The second-order valence-corrected chi connectivity index (χ2v) is 7.14. The molecule has 4 nitrogen and oxygen atoms in total. The molecule has 1 N–H and O–H groups in total. The molecule has 29 heavy (non-hydrogen) atoms. The largest absolute Gasteiger partial charge is 0.392 e. The van der Waals surface area contributed by atoms with Crippen molar-refractivity contribution < 1.29 is 19.0 Å². The summed E-state index contributed by atoms with van der Waals surface area (Å²) in [5, 5.41) is 9.89. The molecule has 0 aromatic heterocycles. The van der Waals surface area contributed by atoms with Crippen molar-refractivity contribution in [2.24, 2.45) is 0 Å². The Kier molecular flexibility index (Phi) is 5.81. The van der Waals surface area contributed by atoms with E-state index in [1.54, 1.807) is 12.1 Å². The zero-order valence-corrected chi connectivity index (χ0v) is 15.9. The summed E-state index contributed by atoms with van der Waals surface area (Å²) in [6.45, 7) is 0.907. The molecule has 0 radical (unpaired) electrons. The lowest BCUT2D eigenvalue weighted by Crippen LogP contribution is -2.31. The number of ether oxygens (including phenoxy) is 1. The van der Waals surface area contributed by atoms with Gasteiger partial charge in [-0.25, -0.2) is 4.39 Å². The Hall–Kier alpha value is -2.86. The summed E-state index contributed by atoms with van der Waals surface area (Å²) in [6.07, 6.45) is -0.196. The smallest absolute Gasteiger partial charge is 0.168 e. The molecule has 3 aromatic rings. The van der Waals surface area contributed by atoms with Crippen LogP contribution in [0.5, 0.6) is 0 Å². The maximum atomic E-state index is 13.2. The van der Waals surface area contributed by atoms with Gasteiger partial charge in [0, 0.05) is 13.1 Å². The predicted molar refractivity (Wildman–Crippen MR) is 108 cm³/mol. The molecule has 1 aliphatic rings. The van der Waals surface area contributed by atoms with E-state index in [4.69, 9.17) is 4.74 Å². The minimum absolute atomic E-state index is 0.0855. The van der Waals surface area contributed by atoms with Crippen molar-refractivity contribution in [3.63, 3.8) is 0 Å². The zero-order valence-electron chi connectivity index (χ0n) is 15.9. The average Bonchev–Trinajstić information content (AvgIpc) is 3.18. The van der Waals surface area contributed by atoms with E-state index in [2.05, 4.69) is 0 Å². The van der Waals surface area contributed by atoms with E-state index in [0.717, 1.165) is 34.1 Å². The van der Waals surface area contributed by atoms with E-state index < -0.39 is 6.23 Å². The van der Waals surface area contributed by atoms with Gasteiger partial charge in [0.2, 0.25) is 0 Å². The summed E-state index contributed by atoms with van der Waals surface area (Å²) in [7, 11) is 0. The number of aliphatic hydroxyl groups is 1. The molecular formula is C24H22FNO3. The van der Waals surface area contributed by atoms with Gasteiger partial charge < -0.3 is 9.84 Å². The highest BCUT2D eigenvalue weighted by molar-refractivity contribution is 5.65. The predicted octanol–water partition coefficient (Wildman–Crippen LogP) is 4.08. The molecule has 3 aromatic carbocycles. The van der Waals surface area contributed by atoms with Crippen LogP contribution in [-0.2, 0) is 22.7 Å². The number of aliphatic hydroxyl groups excluding tert-OH is 1. The van der Waals surface area contributed by atoms with Crippen molar-refractivity contribution in [2.75, 3.05) is 6.54 Å². The molecule has 4 rings (SSSR count). The Bertz CT molecular complexity index is 975. The molecule has 0 bridgehead atoms. The molecule has 0 saturated carbocycles. The number of rotatable bonds is 6. The lowest BCUT2D eigenvalue weighted by molar-refractivity contribution is -0.123. The van der Waals surface area contributed by atoms with E-state index in [0.29, 0.717) is 13.1 Å². The molecular weight excluding hydrogens is 369 g/mol. The Labute approximate surface area is 169 Å². The van der Waals surface area contributed by atoms with Gasteiger partial charge in [0.15, 0.2) is 12.5 Å². The van der Waals surface area contributed by atoms with E-state index in [1.165, 1.54) is 12.1 Å². The normalized spacial score (nSPS) is 19.4. The number of hydrogen-bond donors (Lipinski definition) is 1. The summed E-state index contributed by atoms with van der Waals surface area (Å²) in [6, 6.07) is 22.1. The second-order valence-electron chi connectivity index (χ2n) is 7.14. The number of nitrogens with zero attached hydrogens (tertiary/aromatic N) is 1. The molecule has 0 aliphatic carbocycles. The lowest BCUT2D eigenvalue weighted by atomic mass is 9.99.